The molecule has 1 aliphatic heterocycles. The molecular weight excluding hydrogens is 381 g/mol. The summed E-state index contributed by atoms with van der Waals surface area (Å²) in [6, 6.07) is 10.7. The van der Waals surface area contributed by atoms with Crippen molar-refractivity contribution in [3.05, 3.63) is 53.4 Å². The number of anilines is 3. The molecule has 1 saturated heterocycles. The van der Waals surface area contributed by atoms with Gasteiger partial charge >= 0.3 is 0 Å². The highest BCUT2D eigenvalue weighted by Gasteiger charge is 2.19. The van der Waals surface area contributed by atoms with Gasteiger partial charge in [-0.25, -0.2) is 19.3 Å². The first-order chi connectivity index (χ1) is 13.7. The van der Waals surface area contributed by atoms with Gasteiger partial charge in [-0.05, 0) is 24.6 Å². The Morgan fingerprint density at radius 3 is 2.82 bits per heavy atom. The highest BCUT2D eigenvalue weighted by atomic mass is 35.5. The van der Waals surface area contributed by atoms with Crippen LogP contribution < -0.4 is 10.2 Å². The Bertz CT molecular complexity index is 1180. The van der Waals surface area contributed by atoms with Gasteiger partial charge in [0.15, 0.2) is 11.5 Å². The van der Waals surface area contributed by atoms with Crippen molar-refractivity contribution in [2.45, 2.75) is 6.42 Å². The Balaban J connectivity index is 0.00000128. The number of nitrogens with one attached hydrogen (secondary N) is 2. The summed E-state index contributed by atoms with van der Waals surface area (Å²) in [5.74, 6) is 1.97. The van der Waals surface area contributed by atoms with Crippen molar-refractivity contribution in [2.24, 2.45) is 0 Å². The normalized spacial score (nSPS) is 13.6. The van der Waals surface area contributed by atoms with Gasteiger partial charge in [-0.2, -0.15) is 5.10 Å². The highest BCUT2D eigenvalue weighted by molar-refractivity contribution is 6.33. The average Bonchev–Trinajstić information content (AvgIpc) is 3.02. The summed E-state index contributed by atoms with van der Waals surface area (Å²) >= 11 is 6.35. The molecule has 4 heterocycles. The molecule has 0 bridgehead atoms. The van der Waals surface area contributed by atoms with Crippen LogP contribution in [0, 0.1) is 5.82 Å². The number of rotatable bonds is 4. The fourth-order valence-corrected chi connectivity index (χ4v) is 3.29. The topological polar surface area (TPSA) is 82.6 Å². The molecule has 1 aromatic carbocycles. The van der Waals surface area contributed by atoms with Crippen LogP contribution in [0.25, 0.3) is 22.4 Å². The van der Waals surface area contributed by atoms with E-state index in [4.69, 9.17) is 11.6 Å². The van der Waals surface area contributed by atoms with Crippen LogP contribution in [0.4, 0.5) is 21.8 Å². The summed E-state index contributed by atoms with van der Waals surface area (Å²) in [4.78, 5) is 15.4. The number of benzene rings is 1. The number of pyridine rings is 1. The minimum atomic E-state index is -0.433. The Hall–Kier alpha value is -3.26. The van der Waals surface area contributed by atoms with Crippen LogP contribution in [-0.4, -0.2) is 38.2 Å². The molecule has 1 fully saturated rings. The molecule has 0 spiro atoms. The molecule has 0 amide bonds. The lowest BCUT2D eigenvalue weighted by Gasteiger charge is -2.32. The van der Waals surface area contributed by atoms with E-state index in [2.05, 4.69) is 35.4 Å². The van der Waals surface area contributed by atoms with E-state index in [0.717, 1.165) is 37.1 Å². The summed E-state index contributed by atoms with van der Waals surface area (Å²) in [6.07, 6.45) is 2.26. The monoisotopic (exact) mass is 399 g/mol. The van der Waals surface area contributed by atoms with Crippen LogP contribution in [0.5, 0.6) is 0 Å². The van der Waals surface area contributed by atoms with Crippen LogP contribution in [0.1, 0.15) is 9.27 Å². The molecule has 0 radical (unpaired) electrons. The van der Waals surface area contributed by atoms with Crippen molar-refractivity contribution in [3.63, 3.8) is 0 Å². The smallest absolute Gasteiger partial charge is 0.183 e. The number of H-pyrrole nitrogens is 1. The highest BCUT2D eigenvalue weighted by Crippen LogP contribution is 2.31. The van der Waals surface area contributed by atoms with Crippen LogP contribution in [0.3, 0.4) is 0 Å². The van der Waals surface area contributed by atoms with Crippen molar-refractivity contribution in [2.75, 3.05) is 23.3 Å². The van der Waals surface area contributed by atoms with Crippen LogP contribution in [-0.2, 0) is 0 Å². The molecule has 5 rings (SSSR count). The van der Waals surface area contributed by atoms with Crippen molar-refractivity contribution in [1.29, 1.82) is 0 Å². The lowest BCUT2D eigenvalue weighted by molar-refractivity contribution is 0.609. The van der Waals surface area contributed by atoms with Gasteiger partial charge in [0.25, 0.3) is 0 Å². The van der Waals surface area contributed by atoms with E-state index in [1.165, 1.54) is 6.07 Å². The second-order valence-electron chi connectivity index (χ2n) is 6.50. The third-order valence-electron chi connectivity index (χ3n) is 4.64. The lowest BCUT2D eigenvalue weighted by Crippen LogP contribution is -2.37. The second-order valence-corrected chi connectivity index (χ2v) is 6.91. The van der Waals surface area contributed by atoms with E-state index in [9.17, 15) is 4.39 Å². The first kappa shape index (κ1) is 16.9. The fourth-order valence-electron chi connectivity index (χ4n) is 3.07. The molecule has 0 aliphatic carbocycles. The van der Waals surface area contributed by atoms with E-state index in [-0.39, 0.29) is 2.85 Å². The molecule has 4 aromatic rings. The maximum absolute atomic E-state index is 13.6. The predicted octanol–water partition coefficient (Wildman–Crippen LogP) is 4.65. The molecule has 1 aliphatic rings. The second kappa shape index (κ2) is 6.72. The molecule has 28 heavy (non-hydrogen) atoms. The first-order valence-electron chi connectivity index (χ1n) is 8.83. The zero-order chi connectivity index (χ0) is 19.1. The van der Waals surface area contributed by atoms with E-state index in [1.54, 1.807) is 6.07 Å². The van der Waals surface area contributed by atoms with Crippen molar-refractivity contribution >= 4 is 40.1 Å². The van der Waals surface area contributed by atoms with Gasteiger partial charge in [0.05, 0.1) is 16.6 Å². The fraction of sp³-hybridized carbons (Fsp3) is 0.158. The predicted molar refractivity (Wildman–Crippen MR) is 111 cm³/mol. The molecular formula is C19H19ClFN7. The molecule has 3 aromatic heterocycles. The van der Waals surface area contributed by atoms with Crippen molar-refractivity contribution in [1.82, 2.24) is 25.1 Å². The first-order valence-corrected chi connectivity index (χ1v) is 9.21. The number of aromatic nitrogens is 5. The molecule has 7 nitrogen and oxygen atoms in total. The zero-order valence-electron chi connectivity index (χ0n) is 14.7. The third kappa shape index (κ3) is 3.01. The van der Waals surface area contributed by atoms with Gasteiger partial charge in [-0.15, -0.1) is 0 Å². The molecule has 9 heteroatoms. The van der Waals surface area contributed by atoms with Crippen molar-refractivity contribution < 1.29 is 7.24 Å². The van der Waals surface area contributed by atoms with Gasteiger partial charge in [0, 0.05) is 27.6 Å². The van der Waals surface area contributed by atoms with Gasteiger partial charge in [0.2, 0.25) is 0 Å². The summed E-state index contributed by atoms with van der Waals surface area (Å²) in [7, 11) is 0. The minimum Gasteiger partial charge on any atom is -0.356 e. The number of aromatic amines is 1. The average molecular weight is 400 g/mol. The number of hydrogen-bond acceptors (Lipinski definition) is 6. The number of halogens is 2. The Morgan fingerprint density at radius 2 is 2.04 bits per heavy atom. The summed E-state index contributed by atoms with van der Waals surface area (Å²) in [5.41, 5.74) is 1.17. The summed E-state index contributed by atoms with van der Waals surface area (Å²) in [5, 5.41) is 11.2. The number of nitrogens with zero attached hydrogens (tertiary/aromatic N) is 5. The lowest BCUT2D eigenvalue weighted by atomic mass is 10.2. The van der Waals surface area contributed by atoms with Gasteiger partial charge < -0.3 is 10.2 Å². The van der Waals surface area contributed by atoms with Gasteiger partial charge in [-0.3, -0.25) is 5.10 Å². The quantitative estimate of drug-likeness (QED) is 0.519. The maximum Gasteiger partial charge on any atom is 0.183 e. The molecule has 2 N–H and O–H groups in total. The van der Waals surface area contributed by atoms with Crippen LogP contribution in [0.2, 0.25) is 5.02 Å². The molecule has 0 unspecified atom stereocenters. The third-order valence-corrected chi connectivity index (χ3v) is 4.97. The zero-order valence-corrected chi connectivity index (χ0v) is 15.4. The van der Waals surface area contributed by atoms with Gasteiger partial charge in [0.1, 0.15) is 23.3 Å². The van der Waals surface area contributed by atoms with Crippen LogP contribution >= 0.6 is 11.6 Å². The summed E-state index contributed by atoms with van der Waals surface area (Å²) in [6.45, 7) is 1.89. The Kier molecular flexibility index (Phi) is 4.05. The standard InChI is InChI=1S/C19H15ClFN7.2H2/c20-14-5-2-1-4-12(14)18-23-15(9-16(25-18)28-6-3-7-28)24-19-13-8-11(21)10-22-17(13)26-27-19;;/h1-2,4-5,8-10H,3,6-7H2,(H2,22,23,24,25,26,27);2*1H. The largest absolute Gasteiger partial charge is 0.356 e. The number of fused-ring (bicyclic) bond motifs is 1. The van der Waals surface area contributed by atoms with E-state index in [0.29, 0.717) is 33.5 Å². The maximum atomic E-state index is 13.6. The Morgan fingerprint density at radius 1 is 1.18 bits per heavy atom. The minimum absolute atomic E-state index is 0. The van der Waals surface area contributed by atoms with Gasteiger partial charge in [-0.1, -0.05) is 23.7 Å². The number of hydrogen-bond donors (Lipinski definition) is 2. The van der Waals surface area contributed by atoms with Crippen LogP contribution in [0.15, 0.2) is 42.6 Å². The Labute approximate surface area is 167 Å². The SMILES string of the molecule is Fc1cnc2n[nH]c(Nc3cc(N4CCC4)nc(-c4ccccc4Cl)n3)c2c1.[HH].[HH]. The van der Waals surface area contributed by atoms with E-state index >= 15 is 0 Å². The van der Waals surface area contributed by atoms with Crippen molar-refractivity contribution in [3.8, 4) is 11.4 Å². The summed E-state index contributed by atoms with van der Waals surface area (Å²) < 4.78 is 13.6. The van der Waals surface area contributed by atoms with E-state index < -0.39 is 5.82 Å². The molecule has 144 valence electrons. The van der Waals surface area contributed by atoms with E-state index in [1.807, 2.05) is 24.3 Å². The molecule has 0 atom stereocenters. The molecule has 0 saturated carbocycles.